The molecule has 0 fully saturated rings. The Morgan fingerprint density at radius 1 is 0.492 bits per heavy atom. The maximum Gasteiger partial charge on any atom is 0.306 e. The Morgan fingerprint density at radius 3 is 1.37 bits per heavy atom. The second-order valence-corrected chi connectivity index (χ2v) is 17.6. The van der Waals surface area contributed by atoms with Crippen molar-refractivity contribution in [3.8, 4) is 0 Å². The van der Waals surface area contributed by atoms with Gasteiger partial charge in [0, 0.05) is 6.42 Å². The number of amides is 1. The first-order valence-corrected chi connectivity index (χ1v) is 25.7. The van der Waals surface area contributed by atoms with E-state index >= 15 is 0 Å². The summed E-state index contributed by atoms with van der Waals surface area (Å²) < 4.78 is 5.90. The van der Waals surface area contributed by atoms with E-state index in [0.29, 0.717) is 19.3 Å². The molecule has 0 heterocycles. The fourth-order valence-electron chi connectivity index (χ4n) is 7.77. The molecule has 0 aromatic heterocycles. The summed E-state index contributed by atoms with van der Waals surface area (Å²) in [6.07, 6.45) is 54.9. The molecular formula is C53H99NO5. The molecule has 6 heteroatoms. The van der Waals surface area contributed by atoms with Crippen LogP contribution in [0.25, 0.3) is 0 Å². The highest BCUT2D eigenvalue weighted by Crippen LogP contribution is 2.17. The monoisotopic (exact) mass is 830 g/mol. The molecule has 6 nitrogen and oxygen atoms in total. The normalized spacial score (nSPS) is 13.5. The number of aliphatic hydroxyl groups is 2. The molecule has 0 aliphatic carbocycles. The number of esters is 1. The molecule has 0 aliphatic heterocycles. The van der Waals surface area contributed by atoms with Crippen LogP contribution < -0.4 is 5.32 Å². The Kier molecular flexibility index (Phi) is 45.6. The summed E-state index contributed by atoms with van der Waals surface area (Å²) in [6, 6.07) is -0.709. The van der Waals surface area contributed by atoms with Crippen molar-refractivity contribution in [3.05, 3.63) is 36.5 Å². The maximum atomic E-state index is 13.2. The summed E-state index contributed by atoms with van der Waals surface area (Å²) in [7, 11) is 0. The number of aliphatic hydroxyl groups excluding tert-OH is 2. The van der Waals surface area contributed by atoms with Crippen molar-refractivity contribution < 1.29 is 24.5 Å². The number of hydrogen-bond acceptors (Lipinski definition) is 5. The molecule has 0 spiro atoms. The molecule has 3 N–H and O–H groups in total. The van der Waals surface area contributed by atoms with Crippen LogP contribution in [-0.2, 0) is 14.3 Å². The van der Waals surface area contributed by atoms with Gasteiger partial charge in [-0.2, -0.15) is 0 Å². The molecule has 1 amide bonds. The summed E-state index contributed by atoms with van der Waals surface area (Å²) in [5.74, 6) is -0.510. The lowest BCUT2D eigenvalue weighted by Gasteiger charge is -2.24. The standard InChI is InChI=1S/C53H99NO5/c1-4-7-10-13-16-19-22-24-26-28-31-34-37-40-43-46-53(58)59-49(44-41-38-35-32-29-21-18-15-12-9-6-3)47-52(57)54-50(48-55)51(56)45-42-39-36-33-30-27-25-23-20-17-14-11-8-5-2/h16,19,22,24,32,35,49-51,55-56H,4-15,17-18,20-21,23,25-31,33-34,36-48H2,1-3H3,(H,54,57)/b19-16+,24-22+,35-32-. The smallest absolute Gasteiger partial charge is 0.306 e. The second-order valence-electron chi connectivity index (χ2n) is 17.6. The molecule has 0 aromatic carbocycles. The van der Waals surface area contributed by atoms with Crippen molar-refractivity contribution in [2.24, 2.45) is 0 Å². The lowest BCUT2D eigenvalue weighted by Crippen LogP contribution is -2.46. The summed E-state index contributed by atoms with van der Waals surface area (Å²) in [6.45, 7) is 6.44. The van der Waals surface area contributed by atoms with Crippen LogP contribution in [0.5, 0.6) is 0 Å². The Bertz CT molecular complexity index is 977. The van der Waals surface area contributed by atoms with Crippen LogP contribution in [0.2, 0.25) is 0 Å². The van der Waals surface area contributed by atoms with Crippen LogP contribution in [0, 0.1) is 0 Å². The van der Waals surface area contributed by atoms with E-state index in [1.54, 1.807) is 0 Å². The van der Waals surface area contributed by atoms with E-state index in [9.17, 15) is 19.8 Å². The average Bonchev–Trinajstić information content (AvgIpc) is 3.23. The highest BCUT2D eigenvalue weighted by atomic mass is 16.5. The molecule has 0 bridgehead atoms. The van der Waals surface area contributed by atoms with Crippen molar-refractivity contribution >= 4 is 11.9 Å². The zero-order valence-corrected chi connectivity index (χ0v) is 39.4. The van der Waals surface area contributed by atoms with Gasteiger partial charge in [-0.1, -0.05) is 218 Å². The summed E-state index contributed by atoms with van der Waals surface area (Å²) in [5.41, 5.74) is 0. The first-order chi connectivity index (χ1) is 29.0. The third-order valence-corrected chi connectivity index (χ3v) is 11.7. The SMILES string of the molecule is CCCCC/C=C/C=C/CCCCCCCCC(=O)OC(CCC/C=C\CCCCCCCC)CC(=O)NC(CO)C(O)CCCCCCCCCCCCCCCC. The van der Waals surface area contributed by atoms with Crippen LogP contribution in [-0.4, -0.2) is 46.9 Å². The molecule has 0 saturated heterocycles. The van der Waals surface area contributed by atoms with Crippen molar-refractivity contribution in [1.29, 1.82) is 0 Å². The van der Waals surface area contributed by atoms with Gasteiger partial charge in [0.2, 0.25) is 5.91 Å². The van der Waals surface area contributed by atoms with Crippen LogP contribution in [0.1, 0.15) is 265 Å². The number of unbranched alkanes of at least 4 members (excludes halogenated alkanes) is 29. The highest BCUT2D eigenvalue weighted by Gasteiger charge is 2.24. The molecule has 346 valence electrons. The lowest BCUT2D eigenvalue weighted by molar-refractivity contribution is -0.151. The van der Waals surface area contributed by atoms with Gasteiger partial charge < -0.3 is 20.3 Å². The number of carbonyl (C=O) groups is 2. The van der Waals surface area contributed by atoms with Gasteiger partial charge in [0.05, 0.1) is 25.2 Å². The third-order valence-electron chi connectivity index (χ3n) is 11.7. The van der Waals surface area contributed by atoms with Crippen LogP contribution >= 0.6 is 0 Å². The van der Waals surface area contributed by atoms with Gasteiger partial charge in [-0.15, -0.1) is 0 Å². The molecule has 59 heavy (non-hydrogen) atoms. The topological polar surface area (TPSA) is 95.9 Å². The van der Waals surface area contributed by atoms with Crippen molar-refractivity contribution in [3.63, 3.8) is 0 Å². The molecule has 0 saturated carbocycles. The predicted molar refractivity (Wildman–Crippen MR) is 255 cm³/mol. The molecular weight excluding hydrogens is 731 g/mol. The Balaban J connectivity index is 4.56. The largest absolute Gasteiger partial charge is 0.462 e. The maximum absolute atomic E-state index is 13.2. The van der Waals surface area contributed by atoms with Gasteiger partial charge in [-0.05, 0) is 70.6 Å². The van der Waals surface area contributed by atoms with Crippen LogP contribution in [0.4, 0.5) is 0 Å². The van der Waals surface area contributed by atoms with Crippen molar-refractivity contribution in [2.75, 3.05) is 6.61 Å². The van der Waals surface area contributed by atoms with Crippen LogP contribution in [0.3, 0.4) is 0 Å². The van der Waals surface area contributed by atoms with Crippen molar-refractivity contribution in [2.45, 2.75) is 283 Å². The number of nitrogens with one attached hydrogen (secondary N) is 1. The lowest BCUT2D eigenvalue weighted by atomic mass is 10.0. The number of rotatable bonds is 46. The quantitative estimate of drug-likeness (QED) is 0.0246. The molecule has 0 aromatic rings. The number of hydrogen-bond donors (Lipinski definition) is 3. The minimum Gasteiger partial charge on any atom is -0.462 e. The summed E-state index contributed by atoms with van der Waals surface area (Å²) in [5, 5.41) is 23.7. The molecule has 0 aliphatic rings. The van der Waals surface area contributed by atoms with E-state index in [1.807, 2.05) is 0 Å². The fourth-order valence-corrected chi connectivity index (χ4v) is 7.77. The second kappa shape index (κ2) is 47.1. The first kappa shape index (κ1) is 57.1. The van der Waals surface area contributed by atoms with E-state index in [-0.39, 0.29) is 24.9 Å². The van der Waals surface area contributed by atoms with Crippen molar-refractivity contribution in [1.82, 2.24) is 5.32 Å². The molecule has 3 atom stereocenters. The van der Waals surface area contributed by atoms with E-state index in [2.05, 4.69) is 62.5 Å². The average molecular weight is 830 g/mol. The Hall–Kier alpha value is -1.92. The van der Waals surface area contributed by atoms with Gasteiger partial charge in [0.1, 0.15) is 6.10 Å². The molecule has 3 unspecified atom stereocenters. The van der Waals surface area contributed by atoms with Crippen LogP contribution in [0.15, 0.2) is 36.5 Å². The minimum atomic E-state index is -0.794. The first-order valence-electron chi connectivity index (χ1n) is 25.7. The molecule has 0 rings (SSSR count). The molecule has 0 radical (unpaired) electrons. The number of ether oxygens (including phenoxy) is 1. The van der Waals surface area contributed by atoms with Gasteiger partial charge >= 0.3 is 5.97 Å². The summed E-state index contributed by atoms with van der Waals surface area (Å²) in [4.78, 5) is 26.1. The van der Waals surface area contributed by atoms with Gasteiger partial charge in [0.25, 0.3) is 0 Å². The third kappa shape index (κ3) is 42.6. The van der Waals surface area contributed by atoms with Gasteiger partial charge in [-0.25, -0.2) is 0 Å². The highest BCUT2D eigenvalue weighted by molar-refractivity contribution is 5.77. The van der Waals surface area contributed by atoms with E-state index in [4.69, 9.17) is 4.74 Å². The zero-order chi connectivity index (χ0) is 43.1. The van der Waals surface area contributed by atoms with E-state index < -0.39 is 18.2 Å². The fraction of sp³-hybridized carbons (Fsp3) is 0.849. The predicted octanol–water partition coefficient (Wildman–Crippen LogP) is 15.3. The zero-order valence-electron chi connectivity index (χ0n) is 39.4. The van der Waals surface area contributed by atoms with Gasteiger partial charge in [-0.3, -0.25) is 9.59 Å². The van der Waals surface area contributed by atoms with Gasteiger partial charge in [0.15, 0.2) is 0 Å². The van der Waals surface area contributed by atoms with E-state index in [1.165, 1.54) is 154 Å². The summed E-state index contributed by atoms with van der Waals surface area (Å²) >= 11 is 0. The number of allylic oxidation sites excluding steroid dienone is 6. The number of carbonyl (C=O) groups excluding carboxylic acids is 2. The van der Waals surface area contributed by atoms with E-state index in [0.717, 1.165) is 64.2 Å². The minimum absolute atomic E-state index is 0.0540. The Morgan fingerprint density at radius 2 is 0.881 bits per heavy atom. The Labute approximate surface area is 366 Å².